The van der Waals surface area contributed by atoms with Crippen molar-refractivity contribution in [3.8, 4) is 22.8 Å². The normalized spacial score (nSPS) is 21.1. The number of pyridine rings is 1. The predicted molar refractivity (Wildman–Crippen MR) is 137 cm³/mol. The van der Waals surface area contributed by atoms with Gasteiger partial charge in [-0.05, 0) is 37.8 Å². The van der Waals surface area contributed by atoms with Gasteiger partial charge in [0.2, 0.25) is 0 Å². The number of nitrogens with zero attached hydrogens (tertiary/aromatic N) is 5. The molecule has 1 amide bonds. The van der Waals surface area contributed by atoms with Crippen LogP contribution in [0.5, 0.6) is 11.5 Å². The van der Waals surface area contributed by atoms with E-state index in [0.29, 0.717) is 22.6 Å². The van der Waals surface area contributed by atoms with Crippen molar-refractivity contribution in [3.05, 3.63) is 60.4 Å². The minimum atomic E-state index is 0.0267. The number of imidazole rings is 2. The number of carbonyl (C=O) groups excluding carboxylic acids is 1. The minimum absolute atomic E-state index is 0.0267. The van der Waals surface area contributed by atoms with Crippen LogP contribution in [0.15, 0.2) is 55.4 Å². The first-order valence-electron chi connectivity index (χ1n) is 12.0. The zero-order valence-electron chi connectivity index (χ0n) is 20.1. The SMILES string of the molecule is COc1cc(OC)c(-c2cn3ccc(NC4CC5CCC(C4)N5C(=O)n4ccnc4)cc3n2)cc1Cl. The second kappa shape index (κ2) is 9.05. The van der Waals surface area contributed by atoms with Gasteiger partial charge in [0.1, 0.15) is 23.5 Å². The fourth-order valence-electron chi connectivity index (χ4n) is 5.61. The van der Waals surface area contributed by atoms with Gasteiger partial charge in [-0.3, -0.25) is 4.57 Å². The smallest absolute Gasteiger partial charge is 0.329 e. The van der Waals surface area contributed by atoms with Gasteiger partial charge in [0, 0.05) is 66.3 Å². The molecule has 9 nitrogen and oxygen atoms in total. The molecule has 36 heavy (non-hydrogen) atoms. The number of methoxy groups -OCH3 is 2. The molecule has 5 heterocycles. The number of piperidine rings is 1. The lowest BCUT2D eigenvalue weighted by atomic mass is 9.97. The van der Waals surface area contributed by atoms with Crippen molar-refractivity contribution in [1.82, 2.24) is 23.8 Å². The Balaban J connectivity index is 1.20. The number of nitrogens with one attached hydrogen (secondary N) is 1. The molecular formula is C26H27ClN6O3. The molecule has 6 rings (SSSR count). The maximum atomic E-state index is 12.9. The fourth-order valence-corrected chi connectivity index (χ4v) is 5.85. The van der Waals surface area contributed by atoms with E-state index in [1.807, 2.05) is 28.9 Å². The number of benzene rings is 1. The third-order valence-electron chi connectivity index (χ3n) is 7.26. The second-order valence-corrected chi connectivity index (χ2v) is 9.76. The summed E-state index contributed by atoms with van der Waals surface area (Å²) in [6.45, 7) is 0. The number of aromatic nitrogens is 4. The summed E-state index contributed by atoms with van der Waals surface area (Å²) in [7, 11) is 3.19. The molecule has 0 saturated carbocycles. The molecule has 186 valence electrons. The molecular weight excluding hydrogens is 480 g/mol. The number of fused-ring (bicyclic) bond motifs is 3. The number of anilines is 1. The minimum Gasteiger partial charge on any atom is -0.496 e. The summed E-state index contributed by atoms with van der Waals surface area (Å²) in [5.41, 5.74) is 3.39. The molecule has 10 heteroatoms. The van der Waals surface area contributed by atoms with E-state index in [4.69, 9.17) is 26.1 Å². The van der Waals surface area contributed by atoms with E-state index < -0.39 is 0 Å². The van der Waals surface area contributed by atoms with E-state index in [0.717, 1.165) is 48.3 Å². The van der Waals surface area contributed by atoms with E-state index in [-0.39, 0.29) is 18.1 Å². The number of carbonyl (C=O) groups is 1. The van der Waals surface area contributed by atoms with Crippen LogP contribution in [0.25, 0.3) is 16.9 Å². The molecule has 4 aromatic rings. The highest BCUT2D eigenvalue weighted by Gasteiger charge is 2.43. The molecule has 0 radical (unpaired) electrons. The highest BCUT2D eigenvalue weighted by Crippen LogP contribution is 2.39. The third kappa shape index (κ3) is 3.93. The molecule has 2 aliphatic heterocycles. The number of amides is 1. The Labute approximate surface area is 213 Å². The molecule has 0 aliphatic carbocycles. The molecule has 1 N–H and O–H groups in total. The van der Waals surface area contributed by atoms with Gasteiger partial charge in [0.05, 0.1) is 24.9 Å². The zero-order valence-corrected chi connectivity index (χ0v) is 20.9. The van der Waals surface area contributed by atoms with E-state index >= 15 is 0 Å². The van der Waals surface area contributed by atoms with Crippen LogP contribution in [0.3, 0.4) is 0 Å². The van der Waals surface area contributed by atoms with E-state index in [9.17, 15) is 4.79 Å². The Hall–Kier alpha value is -3.72. The van der Waals surface area contributed by atoms with Crippen LogP contribution in [0.4, 0.5) is 10.5 Å². The van der Waals surface area contributed by atoms with Gasteiger partial charge >= 0.3 is 6.03 Å². The van der Waals surface area contributed by atoms with Crippen molar-refractivity contribution in [2.24, 2.45) is 0 Å². The quantitative estimate of drug-likeness (QED) is 0.412. The van der Waals surface area contributed by atoms with Gasteiger partial charge in [-0.25, -0.2) is 14.8 Å². The van der Waals surface area contributed by atoms with Gasteiger partial charge in [0.15, 0.2) is 0 Å². The Bertz CT molecular complexity index is 1400. The lowest BCUT2D eigenvalue weighted by Crippen LogP contribution is -2.50. The average molecular weight is 507 g/mol. The summed E-state index contributed by atoms with van der Waals surface area (Å²) >= 11 is 6.37. The van der Waals surface area contributed by atoms with Gasteiger partial charge in [-0.1, -0.05) is 11.6 Å². The van der Waals surface area contributed by atoms with Crippen LogP contribution < -0.4 is 14.8 Å². The summed E-state index contributed by atoms with van der Waals surface area (Å²) in [6, 6.07) is 8.50. The van der Waals surface area contributed by atoms with Crippen molar-refractivity contribution in [2.45, 2.75) is 43.8 Å². The molecule has 2 aliphatic rings. The molecule has 1 aromatic carbocycles. The van der Waals surface area contributed by atoms with Crippen LogP contribution >= 0.6 is 11.6 Å². The maximum Gasteiger partial charge on any atom is 0.329 e. The largest absolute Gasteiger partial charge is 0.496 e. The summed E-state index contributed by atoms with van der Waals surface area (Å²) in [6.07, 6.45) is 12.8. The van der Waals surface area contributed by atoms with Gasteiger partial charge in [0.25, 0.3) is 0 Å². The molecule has 2 fully saturated rings. The molecule has 3 aromatic heterocycles. The molecule has 2 unspecified atom stereocenters. The van der Waals surface area contributed by atoms with Gasteiger partial charge < -0.3 is 24.1 Å². The Morgan fingerprint density at radius 3 is 2.56 bits per heavy atom. The highest BCUT2D eigenvalue weighted by atomic mass is 35.5. The van der Waals surface area contributed by atoms with Gasteiger partial charge in [-0.15, -0.1) is 0 Å². The number of hydrogen-bond acceptors (Lipinski definition) is 6. The summed E-state index contributed by atoms with van der Waals surface area (Å²) in [4.78, 5) is 23.9. The summed E-state index contributed by atoms with van der Waals surface area (Å²) < 4.78 is 14.4. The fraction of sp³-hybridized carbons (Fsp3) is 0.346. The monoisotopic (exact) mass is 506 g/mol. The van der Waals surface area contributed by atoms with Crippen LogP contribution in [-0.4, -0.2) is 62.2 Å². The first-order chi connectivity index (χ1) is 17.5. The van der Waals surface area contributed by atoms with Crippen molar-refractivity contribution in [3.63, 3.8) is 0 Å². The first kappa shape index (κ1) is 22.7. The van der Waals surface area contributed by atoms with E-state index in [2.05, 4.69) is 21.3 Å². The topological polar surface area (TPSA) is 85.9 Å². The van der Waals surface area contributed by atoms with Crippen molar-refractivity contribution in [1.29, 1.82) is 0 Å². The zero-order chi connectivity index (χ0) is 24.8. The van der Waals surface area contributed by atoms with Crippen LogP contribution in [0, 0.1) is 0 Å². The number of halogens is 1. The Morgan fingerprint density at radius 2 is 1.86 bits per heavy atom. The van der Waals surface area contributed by atoms with E-state index in [1.54, 1.807) is 43.6 Å². The Kier molecular flexibility index (Phi) is 5.72. The van der Waals surface area contributed by atoms with Gasteiger partial charge in [-0.2, -0.15) is 0 Å². The lowest BCUT2D eigenvalue weighted by molar-refractivity contribution is 0.143. The lowest BCUT2D eigenvalue weighted by Gasteiger charge is -2.39. The van der Waals surface area contributed by atoms with E-state index in [1.165, 1.54) is 0 Å². The van der Waals surface area contributed by atoms with Crippen molar-refractivity contribution >= 4 is 29.0 Å². The third-order valence-corrected chi connectivity index (χ3v) is 7.56. The first-order valence-corrected chi connectivity index (χ1v) is 12.4. The van der Waals surface area contributed by atoms with Crippen LogP contribution in [0.2, 0.25) is 5.02 Å². The average Bonchev–Trinajstić information content (AvgIpc) is 3.62. The molecule has 2 atom stereocenters. The molecule has 0 spiro atoms. The highest BCUT2D eigenvalue weighted by molar-refractivity contribution is 6.32. The Morgan fingerprint density at radius 1 is 1.08 bits per heavy atom. The van der Waals surface area contributed by atoms with Crippen LogP contribution in [-0.2, 0) is 0 Å². The standard InChI is InChI=1S/C26H27ClN6O3/c1-35-23-13-24(36-2)21(27)12-20(23)22-14-31-7-5-16(11-25(31)30-22)29-17-9-18-3-4-19(10-17)33(18)26(34)32-8-6-28-15-32/h5-8,11-15,17-19,29H,3-4,9-10H2,1-2H3. The molecule has 2 saturated heterocycles. The molecule has 2 bridgehead atoms. The number of rotatable bonds is 5. The van der Waals surface area contributed by atoms with Crippen molar-refractivity contribution in [2.75, 3.05) is 19.5 Å². The predicted octanol–water partition coefficient (Wildman–Crippen LogP) is 4.94. The van der Waals surface area contributed by atoms with Crippen molar-refractivity contribution < 1.29 is 14.3 Å². The summed E-state index contributed by atoms with van der Waals surface area (Å²) in [5.74, 6) is 1.20. The second-order valence-electron chi connectivity index (χ2n) is 9.35. The summed E-state index contributed by atoms with van der Waals surface area (Å²) in [5, 5.41) is 4.19. The number of ether oxygens (including phenoxy) is 2. The number of hydrogen-bond donors (Lipinski definition) is 1. The van der Waals surface area contributed by atoms with Crippen LogP contribution in [0.1, 0.15) is 25.7 Å². The maximum absolute atomic E-state index is 12.9.